The minimum absolute atomic E-state index is 0.207. The second kappa shape index (κ2) is 8.17. The molecule has 0 spiro atoms. The van der Waals surface area contributed by atoms with Crippen LogP contribution in [-0.4, -0.2) is 40.5 Å². The molecule has 21 heavy (non-hydrogen) atoms. The summed E-state index contributed by atoms with van der Waals surface area (Å²) in [4.78, 5) is 0.207. The summed E-state index contributed by atoms with van der Waals surface area (Å²) in [5.41, 5.74) is 0.899. The SMILES string of the molecule is C=CCCCN(C)S(=O)(=O)c1cc(CNC)ccc1OC. The minimum atomic E-state index is -3.56. The molecular weight excluding hydrogens is 288 g/mol. The maximum absolute atomic E-state index is 12.7. The second-order valence-electron chi connectivity index (χ2n) is 4.77. The molecule has 0 aliphatic rings. The van der Waals surface area contributed by atoms with Gasteiger partial charge in [0, 0.05) is 20.1 Å². The number of unbranched alkanes of at least 4 members (excludes halogenated alkanes) is 1. The summed E-state index contributed by atoms with van der Waals surface area (Å²) in [6, 6.07) is 5.21. The van der Waals surface area contributed by atoms with E-state index in [1.165, 1.54) is 11.4 Å². The molecule has 0 heterocycles. The van der Waals surface area contributed by atoms with Gasteiger partial charge in [0.25, 0.3) is 0 Å². The molecule has 0 radical (unpaired) electrons. The van der Waals surface area contributed by atoms with Crippen molar-refractivity contribution >= 4 is 10.0 Å². The van der Waals surface area contributed by atoms with Crippen molar-refractivity contribution in [2.45, 2.75) is 24.3 Å². The molecule has 1 rings (SSSR count). The van der Waals surface area contributed by atoms with E-state index in [2.05, 4.69) is 11.9 Å². The summed E-state index contributed by atoms with van der Waals surface area (Å²) in [6.45, 7) is 4.70. The minimum Gasteiger partial charge on any atom is -0.495 e. The average molecular weight is 312 g/mol. The monoisotopic (exact) mass is 312 g/mol. The molecular formula is C15H24N2O3S. The van der Waals surface area contributed by atoms with Crippen LogP contribution in [0, 0.1) is 0 Å². The highest BCUT2D eigenvalue weighted by molar-refractivity contribution is 7.89. The number of allylic oxidation sites excluding steroid dienone is 1. The van der Waals surface area contributed by atoms with Gasteiger partial charge in [-0.1, -0.05) is 12.1 Å². The number of methoxy groups -OCH3 is 1. The Balaban J connectivity index is 3.09. The van der Waals surface area contributed by atoms with Crippen LogP contribution < -0.4 is 10.1 Å². The molecule has 5 nitrogen and oxygen atoms in total. The molecule has 0 aliphatic heterocycles. The van der Waals surface area contributed by atoms with E-state index in [4.69, 9.17) is 4.74 Å². The third-order valence-electron chi connectivity index (χ3n) is 3.18. The van der Waals surface area contributed by atoms with E-state index >= 15 is 0 Å². The number of nitrogens with zero attached hydrogens (tertiary/aromatic N) is 1. The van der Waals surface area contributed by atoms with Crippen molar-refractivity contribution < 1.29 is 13.2 Å². The molecule has 0 aromatic heterocycles. The summed E-state index contributed by atoms with van der Waals surface area (Å²) in [7, 11) is 1.32. The molecule has 0 bridgehead atoms. The first-order valence-electron chi connectivity index (χ1n) is 6.86. The fourth-order valence-corrected chi connectivity index (χ4v) is 3.39. The Bertz CT molecular complexity index is 570. The Labute approximate surface area is 127 Å². The van der Waals surface area contributed by atoms with Crippen molar-refractivity contribution in [2.75, 3.05) is 27.7 Å². The number of sulfonamides is 1. The van der Waals surface area contributed by atoms with Gasteiger partial charge in [0.15, 0.2) is 0 Å². The lowest BCUT2D eigenvalue weighted by molar-refractivity contribution is 0.397. The summed E-state index contributed by atoms with van der Waals surface area (Å²) < 4.78 is 31.9. The van der Waals surface area contributed by atoms with Crippen molar-refractivity contribution in [1.82, 2.24) is 9.62 Å². The van der Waals surface area contributed by atoms with Crippen LogP contribution in [0.5, 0.6) is 5.75 Å². The van der Waals surface area contributed by atoms with Crippen molar-refractivity contribution in [2.24, 2.45) is 0 Å². The van der Waals surface area contributed by atoms with Crippen LogP contribution in [0.15, 0.2) is 35.7 Å². The summed E-state index contributed by atoms with van der Waals surface area (Å²) in [5, 5.41) is 3.01. The van der Waals surface area contributed by atoms with Crippen molar-refractivity contribution in [3.8, 4) is 5.75 Å². The van der Waals surface area contributed by atoms with Crippen LogP contribution in [0.4, 0.5) is 0 Å². The average Bonchev–Trinajstić information content (AvgIpc) is 2.47. The highest BCUT2D eigenvalue weighted by atomic mass is 32.2. The smallest absolute Gasteiger partial charge is 0.246 e. The first-order valence-corrected chi connectivity index (χ1v) is 8.30. The Kier molecular flexibility index (Phi) is 6.87. The zero-order valence-electron chi connectivity index (χ0n) is 12.9. The number of nitrogens with one attached hydrogen (secondary N) is 1. The van der Waals surface area contributed by atoms with Gasteiger partial charge in [-0.3, -0.25) is 0 Å². The molecule has 0 unspecified atom stereocenters. The second-order valence-corrected chi connectivity index (χ2v) is 6.79. The predicted octanol–water partition coefficient (Wildman–Crippen LogP) is 2.00. The van der Waals surface area contributed by atoms with Crippen LogP contribution >= 0.6 is 0 Å². The molecule has 1 aromatic carbocycles. The van der Waals surface area contributed by atoms with Gasteiger partial charge in [-0.15, -0.1) is 6.58 Å². The van der Waals surface area contributed by atoms with Crippen LogP contribution in [0.25, 0.3) is 0 Å². The summed E-state index contributed by atoms with van der Waals surface area (Å²) >= 11 is 0. The van der Waals surface area contributed by atoms with Gasteiger partial charge in [0.1, 0.15) is 10.6 Å². The fourth-order valence-electron chi connectivity index (χ4n) is 1.98. The maximum Gasteiger partial charge on any atom is 0.246 e. The van der Waals surface area contributed by atoms with Crippen molar-refractivity contribution in [1.29, 1.82) is 0 Å². The van der Waals surface area contributed by atoms with Gasteiger partial charge in [-0.25, -0.2) is 12.7 Å². The number of hydrogen-bond acceptors (Lipinski definition) is 4. The van der Waals surface area contributed by atoms with E-state index in [1.807, 2.05) is 13.1 Å². The first-order chi connectivity index (χ1) is 9.97. The molecule has 118 valence electrons. The lowest BCUT2D eigenvalue weighted by atomic mass is 10.2. The maximum atomic E-state index is 12.7. The molecule has 0 amide bonds. The number of ether oxygens (including phenoxy) is 1. The van der Waals surface area contributed by atoms with E-state index in [0.717, 1.165) is 18.4 Å². The lowest BCUT2D eigenvalue weighted by Gasteiger charge is -2.19. The van der Waals surface area contributed by atoms with Crippen LogP contribution in [0.3, 0.4) is 0 Å². The first kappa shape index (κ1) is 17.7. The Morgan fingerprint density at radius 3 is 2.71 bits per heavy atom. The topological polar surface area (TPSA) is 58.6 Å². The van der Waals surface area contributed by atoms with E-state index in [1.54, 1.807) is 25.3 Å². The van der Waals surface area contributed by atoms with Gasteiger partial charge in [0.2, 0.25) is 10.0 Å². The normalized spacial score (nSPS) is 11.6. The molecule has 0 aliphatic carbocycles. The zero-order chi connectivity index (χ0) is 15.9. The highest BCUT2D eigenvalue weighted by Gasteiger charge is 2.24. The van der Waals surface area contributed by atoms with Crippen molar-refractivity contribution in [3.05, 3.63) is 36.4 Å². The molecule has 1 aromatic rings. The summed E-state index contributed by atoms with van der Waals surface area (Å²) in [5.74, 6) is 0.366. The zero-order valence-corrected chi connectivity index (χ0v) is 13.7. The third kappa shape index (κ3) is 4.56. The highest BCUT2D eigenvalue weighted by Crippen LogP contribution is 2.27. The molecule has 0 fully saturated rings. The number of rotatable bonds is 9. The molecule has 6 heteroatoms. The van der Waals surface area contributed by atoms with Crippen LogP contribution in [0.2, 0.25) is 0 Å². The Morgan fingerprint density at radius 1 is 1.43 bits per heavy atom. The van der Waals surface area contributed by atoms with E-state index in [0.29, 0.717) is 18.8 Å². The molecule has 0 saturated carbocycles. The van der Waals surface area contributed by atoms with Gasteiger partial charge in [0.05, 0.1) is 7.11 Å². The molecule has 1 N–H and O–H groups in total. The van der Waals surface area contributed by atoms with Crippen LogP contribution in [0.1, 0.15) is 18.4 Å². The quantitative estimate of drug-likeness (QED) is 0.560. The van der Waals surface area contributed by atoms with E-state index in [-0.39, 0.29) is 4.90 Å². The van der Waals surface area contributed by atoms with Gasteiger partial charge in [-0.05, 0) is 37.6 Å². The van der Waals surface area contributed by atoms with Crippen molar-refractivity contribution in [3.63, 3.8) is 0 Å². The van der Waals surface area contributed by atoms with Gasteiger partial charge < -0.3 is 10.1 Å². The third-order valence-corrected chi connectivity index (χ3v) is 5.06. The van der Waals surface area contributed by atoms with Gasteiger partial charge >= 0.3 is 0 Å². The lowest BCUT2D eigenvalue weighted by Crippen LogP contribution is -2.28. The number of benzene rings is 1. The Morgan fingerprint density at radius 2 is 2.14 bits per heavy atom. The molecule has 0 atom stereocenters. The summed E-state index contributed by atoms with van der Waals surface area (Å²) in [6.07, 6.45) is 3.32. The number of hydrogen-bond donors (Lipinski definition) is 1. The van der Waals surface area contributed by atoms with E-state index in [9.17, 15) is 8.42 Å². The van der Waals surface area contributed by atoms with Crippen LogP contribution in [-0.2, 0) is 16.6 Å². The predicted molar refractivity (Wildman–Crippen MR) is 85.0 cm³/mol. The standard InChI is InChI=1S/C15H24N2O3S/c1-5-6-7-10-17(3)21(18,19)15-11-13(12-16-2)8-9-14(15)20-4/h5,8-9,11,16H,1,6-7,10,12H2,2-4H3. The Hall–Kier alpha value is -1.37. The molecule has 0 saturated heterocycles. The fraction of sp³-hybridized carbons (Fsp3) is 0.467. The van der Waals surface area contributed by atoms with Gasteiger partial charge in [-0.2, -0.15) is 0 Å². The largest absolute Gasteiger partial charge is 0.495 e. The van der Waals surface area contributed by atoms with E-state index < -0.39 is 10.0 Å².